The molecule has 2 aromatic carbocycles. The molecule has 0 fully saturated rings. The topological polar surface area (TPSA) is 63.2 Å². The molecular formula is C16H17NO3S. The molecule has 0 heterocycles. The third-order valence-corrected chi connectivity index (χ3v) is 4.55. The van der Waals surface area contributed by atoms with Gasteiger partial charge < -0.3 is 0 Å². The summed E-state index contributed by atoms with van der Waals surface area (Å²) >= 11 is 0. The molecule has 2 rings (SSSR count). The van der Waals surface area contributed by atoms with Crippen molar-refractivity contribution in [2.75, 3.05) is 0 Å². The number of sulfonamides is 1. The summed E-state index contributed by atoms with van der Waals surface area (Å²) in [6.45, 7) is 1.89. The van der Waals surface area contributed by atoms with E-state index in [0.717, 1.165) is 5.56 Å². The van der Waals surface area contributed by atoms with Crippen LogP contribution in [-0.4, -0.2) is 14.3 Å². The van der Waals surface area contributed by atoms with Gasteiger partial charge in [0.15, 0.2) is 0 Å². The van der Waals surface area contributed by atoms with Gasteiger partial charge in [-0.25, -0.2) is 13.1 Å². The van der Waals surface area contributed by atoms with Gasteiger partial charge in [-0.3, -0.25) is 4.79 Å². The zero-order valence-corrected chi connectivity index (χ0v) is 12.5. The third-order valence-electron chi connectivity index (χ3n) is 3.16. The minimum atomic E-state index is -3.79. The van der Waals surface area contributed by atoms with Crippen LogP contribution in [0.3, 0.4) is 0 Å². The first-order valence-corrected chi connectivity index (χ1v) is 8.13. The fourth-order valence-electron chi connectivity index (χ4n) is 2.03. The fraction of sp³-hybridized carbons (Fsp3) is 0.188. The maximum Gasteiger partial charge on any atom is 0.264 e. The van der Waals surface area contributed by atoms with Crippen LogP contribution in [0.5, 0.6) is 0 Å². The van der Waals surface area contributed by atoms with Crippen LogP contribution in [0, 0.1) is 0 Å². The first kappa shape index (κ1) is 15.3. The van der Waals surface area contributed by atoms with Crippen molar-refractivity contribution in [1.82, 2.24) is 4.72 Å². The largest absolute Gasteiger partial charge is 0.274 e. The van der Waals surface area contributed by atoms with E-state index in [9.17, 15) is 13.2 Å². The van der Waals surface area contributed by atoms with Crippen molar-refractivity contribution >= 4 is 15.9 Å². The lowest BCUT2D eigenvalue weighted by atomic mass is 9.98. The van der Waals surface area contributed by atoms with Crippen molar-refractivity contribution in [2.24, 2.45) is 0 Å². The summed E-state index contributed by atoms with van der Waals surface area (Å²) in [7, 11) is -3.79. The maximum atomic E-state index is 12.0. The van der Waals surface area contributed by atoms with E-state index in [4.69, 9.17) is 0 Å². The van der Waals surface area contributed by atoms with E-state index in [-0.39, 0.29) is 17.2 Å². The molecule has 0 aromatic heterocycles. The van der Waals surface area contributed by atoms with Crippen molar-refractivity contribution in [3.05, 3.63) is 66.2 Å². The molecule has 0 bridgehead atoms. The zero-order valence-electron chi connectivity index (χ0n) is 11.7. The molecule has 5 heteroatoms. The minimum absolute atomic E-state index is 0.0443. The first-order valence-electron chi connectivity index (χ1n) is 6.64. The minimum Gasteiger partial charge on any atom is -0.274 e. The Kier molecular flexibility index (Phi) is 4.75. The molecule has 1 atom stereocenters. The molecule has 0 saturated carbocycles. The Hall–Kier alpha value is -2.14. The standard InChI is InChI=1S/C16H17NO3S/c1-13(14-8-4-2-5-9-14)12-16(18)17-21(19,20)15-10-6-3-7-11-15/h2-11,13H,12H2,1H3,(H,17,18). The summed E-state index contributed by atoms with van der Waals surface area (Å²) in [4.78, 5) is 12.0. The Balaban J connectivity index is 2.02. The maximum absolute atomic E-state index is 12.0. The van der Waals surface area contributed by atoms with Gasteiger partial charge in [0.1, 0.15) is 0 Å². The predicted molar refractivity (Wildman–Crippen MR) is 81.2 cm³/mol. The summed E-state index contributed by atoms with van der Waals surface area (Å²) in [5, 5.41) is 0. The van der Waals surface area contributed by atoms with Crippen LogP contribution < -0.4 is 4.72 Å². The Labute approximate surface area is 124 Å². The zero-order chi connectivity index (χ0) is 15.3. The number of nitrogens with one attached hydrogen (secondary N) is 1. The van der Waals surface area contributed by atoms with E-state index >= 15 is 0 Å². The number of hydrogen-bond acceptors (Lipinski definition) is 3. The van der Waals surface area contributed by atoms with Gasteiger partial charge in [0, 0.05) is 6.42 Å². The second kappa shape index (κ2) is 6.54. The summed E-state index contributed by atoms with van der Waals surface area (Å²) in [5.41, 5.74) is 1.00. The van der Waals surface area contributed by atoms with Gasteiger partial charge in [-0.2, -0.15) is 0 Å². The van der Waals surface area contributed by atoms with Crippen LogP contribution in [0.15, 0.2) is 65.6 Å². The highest BCUT2D eigenvalue weighted by atomic mass is 32.2. The molecule has 0 radical (unpaired) electrons. The molecule has 0 saturated heterocycles. The normalized spacial score (nSPS) is 12.6. The smallest absolute Gasteiger partial charge is 0.264 e. The summed E-state index contributed by atoms with van der Waals surface area (Å²) in [6.07, 6.45) is 0.121. The van der Waals surface area contributed by atoms with E-state index in [0.29, 0.717) is 0 Å². The highest BCUT2D eigenvalue weighted by Gasteiger charge is 2.19. The molecule has 0 aliphatic rings. The predicted octanol–water partition coefficient (Wildman–Crippen LogP) is 2.69. The van der Waals surface area contributed by atoms with Crippen LogP contribution in [-0.2, 0) is 14.8 Å². The van der Waals surface area contributed by atoms with Gasteiger partial charge in [-0.15, -0.1) is 0 Å². The number of carbonyl (C=O) groups is 1. The Morgan fingerprint density at radius 3 is 2.10 bits per heavy atom. The van der Waals surface area contributed by atoms with Crippen LogP contribution in [0.25, 0.3) is 0 Å². The van der Waals surface area contributed by atoms with Crippen molar-refractivity contribution in [3.63, 3.8) is 0 Å². The number of carbonyl (C=O) groups excluding carboxylic acids is 1. The van der Waals surface area contributed by atoms with Crippen molar-refractivity contribution in [2.45, 2.75) is 24.2 Å². The number of amides is 1. The quantitative estimate of drug-likeness (QED) is 0.923. The molecule has 1 unspecified atom stereocenters. The number of hydrogen-bond donors (Lipinski definition) is 1. The van der Waals surface area contributed by atoms with Crippen LogP contribution in [0.2, 0.25) is 0 Å². The summed E-state index contributed by atoms with van der Waals surface area (Å²) < 4.78 is 26.2. The lowest BCUT2D eigenvalue weighted by Gasteiger charge is -2.12. The van der Waals surface area contributed by atoms with Gasteiger partial charge in [0.2, 0.25) is 5.91 Å². The molecule has 0 aliphatic carbocycles. The van der Waals surface area contributed by atoms with Crippen molar-refractivity contribution in [1.29, 1.82) is 0 Å². The Morgan fingerprint density at radius 1 is 1.00 bits per heavy atom. The van der Waals surface area contributed by atoms with Crippen LogP contribution in [0.1, 0.15) is 24.8 Å². The SMILES string of the molecule is CC(CC(=O)NS(=O)(=O)c1ccccc1)c1ccccc1. The molecule has 1 amide bonds. The van der Waals surface area contributed by atoms with E-state index in [1.165, 1.54) is 12.1 Å². The molecule has 21 heavy (non-hydrogen) atoms. The van der Waals surface area contributed by atoms with Crippen molar-refractivity contribution in [3.8, 4) is 0 Å². The third kappa shape index (κ3) is 4.16. The Morgan fingerprint density at radius 2 is 1.52 bits per heavy atom. The van der Waals surface area contributed by atoms with E-state index in [1.54, 1.807) is 18.2 Å². The van der Waals surface area contributed by atoms with Gasteiger partial charge in [0.05, 0.1) is 4.90 Å². The fourth-order valence-corrected chi connectivity index (χ4v) is 3.04. The van der Waals surface area contributed by atoms with E-state index < -0.39 is 15.9 Å². The highest BCUT2D eigenvalue weighted by Crippen LogP contribution is 2.18. The summed E-state index contributed by atoms with van der Waals surface area (Å²) in [5.74, 6) is -0.549. The number of rotatable bonds is 5. The molecular weight excluding hydrogens is 286 g/mol. The molecule has 110 valence electrons. The van der Waals surface area contributed by atoms with Gasteiger partial charge in [0.25, 0.3) is 10.0 Å². The highest BCUT2D eigenvalue weighted by molar-refractivity contribution is 7.90. The monoisotopic (exact) mass is 303 g/mol. The van der Waals surface area contributed by atoms with Gasteiger partial charge in [-0.05, 0) is 23.6 Å². The second-order valence-electron chi connectivity index (χ2n) is 4.86. The molecule has 2 aromatic rings. The van der Waals surface area contributed by atoms with Crippen molar-refractivity contribution < 1.29 is 13.2 Å². The molecule has 1 N–H and O–H groups in total. The van der Waals surface area contributed by atoms with E-state index in [1.807, 2.05) is 37.3 Å². The molecule has 0 aliphatic heterocycles. The average molecular weight is 303 g/mol. The Bertz CT molecular complexity index is 697. The molecule has 4 nitrogen and oxygen atoms in total. The average Bonchev–Trinajstić information content (AvgIpc) is 2.48. The van der Waals surface area contributed by atoms with E-state index in [2.05, 4.69) is 4.72 Å². The van der Waals surface area contributed by atoms with Crippen LogP contribution >= 0.6 is 0 Å². The first-order chi connectivity index (χ1) is 9.99. The number of benzene rings is 2. The molecule has 0 spiro atoms. The second-order valence-corrected chi connectivity index (χ2v) is 6.54. The van der Waals surface area contributed by atoms with Gasteiger partial charge >= 0.3 is 0 Å². The van der Waals surface area contributed by atoms with Crippen LogP contribution in [0.4, 0.5) is 0 Å². The van der Waals surface area contributed by atoms with Gasteiger partial charge in [-0.1, -0.05) is 55.5 Å². The summed E-state index contributed by atoms with van der Waals surface area (Å²) in [6, 6.07) is 17.4. The lowest BCUT2D eigenvalue weighted by molar-refractivity contribution is -0.119. The lowest BCUT2D eigenvalue weighted by Crippen LogP contribution is -2.31.